The van der Waals surface area contributed by atoms with Gasteiger partial charge in [0.15, 0.2) is 5.65 Å². The van der Waals surface area contributed by atoms with Crippen molar-refractivity contribution in [3.8, 4) is 0 Å². The monoisotopic (exact) mass is 259 g/mol. The summed E-state index contributed by atoms with van der Waals surface area (Å²) in [5.74, 6) is -1.20. The zero-order valence-corrected chi connectivity index (χ0v) is 10.2. The minimum atomic E-state index is -1.20. The van der Waals surface area contributed by atoms with Gasteiger partial charge < -0.3 is 10.1 Å². The van der Waals surface area contributed by atoms with Crippen LogP contribution in [0.5, 0.6) is 0 Å². The third-order valence-corrected chi connectivity index (χ3v) is 3.36. The molecule has 0 atom stereocenters. The lowest BCUT2D eigenvalue weighted by Gasteiger charge is -2.23. The van der Waals surface area contributed by atoms with Crippen LogP contribution in [-0.2, 0) is 0 Å². The molecule has 3 heterocycles. The Kier molecular flexibility index (Phi) is 2.70. The number of nitrogens with zero attached hydrogens (tertiary/aromatic N) is 3. The van der Waals surface area contributed by atoms with Gasteiger partial charge in [0.1, 0.15) is 5.56 Å². The molecule has 2 aromatic heterocycles. The molecule has 0 aliphatic carbocycles. The van der Waals surface area contributed by atoms with Gasteiger partial charge >= 0.3 is 5.97 Å². The lowest BCUT2D eigenvalue weighted by molar-refractivity contribution is 0.0695. The number of rotatable bonds is 2. The molecule has 19 heavy (non-hydrogen) atoms. The van der Waals surface area contributed by atoms with Crippen molar-refractivity contribution >= 4 is 17.0 Å². The summed E-state index contributed by atoms with van der Waals surface area (Å²) in [6.07, 6.45) is 5.10. The molecule has 0 unspecified atom stereocenters. The van der Waals surface area contributed by atoms with Crippen LogP contribution in [0.4, 0.5) is 0 Å². The number of aromatic nitrogens is 2. The number of fused-ring (bicyclic) bond motifs is 1. The van der Waals surface area contributed by atoms with Crippen LogP contribution < -0.4 is 10.4 Å². The molecule has 0 bridgehead atoms. The van der Waals surface area contributed by atoms with Crippen LogP contribution in [-0.4, -0.2) is 33.8 Å². The maximum Gasteiger partial charge on any atom is 0.341 e. The summed E-state index contributed by atoms with van der Waals surface area (Å²) >= 11 is 0. The zero-order chi connectivity index (χ0) is 13.4. The molecule has 0 saturated carbocycles. The summed E-state index contributed by atoms with van der Waals surface area (Å²) in [7, 11) is 0. The molecule has 2 aromatic rings. The van der Waals surface area contributed by atoms with Crippen LogP contribution >= 0.6 is 0 Å². The first-order valence-electron chi connectivity index (χ1n) is 6.17. The SMILES string of the molecule is O=C(O)c1cn(N2CCCC2)c2ncccc2c1=O. The molecule has 0 amide bonds. The second-order valence-corrected chi connectivity index (χ2v) is 4.56. The number of hydrogen-bond acceptors (Lipinski definition) is 4. The molecule has 3 rings (SSSR count). The van der Waals surface area contributed by atoms with Gasteiger partial charge in [0.05, 0.1) is 5.39 Å². The summed E-state index contributed by atoms with van der Waals surface area (Å²) in [4.78, 5) is 27.5. The molecule has 1 aliphatic heterocycles. The average molecular weight is 259 g/mol. The van der Waals surface area contributed by atoms with Crippen molar-refractivity contribution < 1.29 is 9.90 Å². The predicted octanol–water partition coefficient (Wildman–Crippen LogP) is 0.827. The second kappa shape index (κ2) is 4.38. The Morgan fingerprint density at radius 1 is 1.32 bits per heavy atom. The van der Waals surface area contributed by atoms with E-state index in [1.807, 2.05) is 5.01 Å². The van der Waals surface area contributed by atoms with Crippen molar-refractivity contribution in [3.63, 3.8) is 0 Å². The van der Waals surface area contributed by atoms with Gasteiger partial charge in [-0.2, -0.15) is 0 Å². The van der Waals surface area contributed by atoms with Gasteiger partial charge in [-0.25, -0.2) is 14.5 Å². The summed E-state index contributed by atoms with van der Waals surface area (Å²) in [5, 5.41) is 11.5. The van der Waals surface area contributed by atoms with Gasteiger partial charge in [-0.1, -0.05) is 0 Å². The summed E-state index contributed by atoms with van der Waals surface area (Å²) in [5.41, 5.74) is -0.183. The van der Waals surface area contributed by atoms with Gasteiger partial charge in [0.25, 0.3) is 0 Å². The fourth-order valence-corrected chi connectivity index (χ4v) is 2.43. The van der Waals surface area contributed by atoms with E-state index in [9.17, 15) is 9.59 Å². The fourth-order valence-electron chi connectivity index (χ4n) is 2.43. The quantitative estimate of drug-likeness (QED) is 0.864. The van der Waals surface area contributed by atoms with E-state index in [2.05, 4.69) is 4.98 Å². The first-order valence-corrected chi connectivity index (χ1v) is 6.17. The Morgan fingerprint density at radius 3 is 2.74 bits per heavy atom. The molecule has 0 spiro atoms. The molecular weight excluding hydrogens is 246 g/mol. The van der Waals surface area contributed by atoms with Gasteiger partial charge in [0, 0.05) is 25.5 Å². The average Bonchev–Trinajstić information content (AvgIpc) is 2.93. The molecule has 1 saturated heterocycles. The van der Waals surface area contributed by atoms with Gasteiger partial charge in [-0.3, -0.25) is 4.79 Å². The molecule has 0 aromatic carbocycles. The fraction of sp³-hybridized carbons (Fsp3) is 0.308. The van der Waals surface area contributed by atoms with Crippen molar-refractivity contribution in [2.24, 2.45) is 0 Å². The number of carboxylic acids is 1. The van der Waals surface area contributed by atoms with Gasteiger partial charge in [0.2, 0.25) is 5.43 Å². The van der Waals surface area contributed by atoms with Crippen molar-refractivity contribution in [2.45, 2.75) is 12.8 Å². The van der Waals surface area contributed by atoms with E-state index < -0.39 is 11.4 Å². The molecule has 1 fully saturated rings. The van der Waals surface area contributed by atoms with Crippen LogP contribution in [0.15, 0.2) is 29.3 Å². The maximum absolute atomic E-state index is 12.1. The molecule has 0 radical (unpaired) electrons. The van der Waals surface area contributed by atoms with E-state index in [1.165, 1.54) is 6.20 Å². The molecular formula is C13H13N3O3. The first kappa shape index (κ1) is 11.7. The lowest BCUT2D eigenvalue weighted by Crippen LogP contribution is -2.34. The summed E-state index contributed by atoms with van der Waals surface area (Å²) in [6.45, 7) is 1.68. The van der Waals surface area contributed by atoms with Crippen LogP contribution in [0.3, 0.4) is 0 Å². The highest BCUT2D eigenvalue weighted by Crippen LogP contribution is 2.13. The van der Waals surface area contributed by atoms with Crippen LogP contribution in [0.2, 0.25) is 0 Å². The minimum absolute atomic E-state index is 0.215. The van der Waals surface area contributed by atoms with Crippen LogP contribution in [0, 0.1) is 0 Å². The van der Waals surface area contributed by atoms with Crippen LogP contribution in [0.25, 0.3) is 11.0 Å². The number of pyridine rings is 2. The number of aromatic carboxylic acids is 1. The smallest absolute Gasteiger partial charge is 0.341 e. The summed E-state index contributed by atoms with van der Waals surface area (Å²) < 4.78 is 1.70. The van der Waals surface area contributed by atoms with Crippen molar-refractivity contribution in [2.75, 3.05) is 18.1 Å². The Labute approximate surface area is 108 Å². The van der Waals surface area contributed by atoms with Gasteiger partial charge in [-0.05, 0) is 25.0 Å². The van der Waals surface area contributed by atoms with Crippen molar-refractivity contribution in [1.82, 2.24) is 9.66 Å². The molecule has 6 nitrogen and oxygen atoms in total. The van der Waals surface area contributed by atoms with Crippen molar-refractivity contribution in [3.05, 3.63) is 40.3 Å². The van der Waals surface area contributed by atoms with E-state index in [4.69, 9.17) is 5.11 Å². The highest BCUT2D eigenvalue weighted by atomic mass is 16.4. The zero-order valence-electron chi connectivity index (χ0n) is 10.2. The van der Waals surface area contributed by atoms with E-state index in [0.29, 0.717) is 11.0 Å². The molecule has 6 heteroatoms. The molecule has 1 N–H and O–H groups in total. The lowest BCUT2D eigenvalue weighted by atomic mass is 10.2. The van der Waals surface area contributed by atoms with E-state index in [0.717, 1.165) is 25.9 Å². The van der Waals surface area contributed by atoms with E-state index in [-0.39, 0.29) is 5.56 Å². The van der Waals surface area contributed by atoms with E-state index in [1.54, 1.807) is 23.0 Å². The Balaban J connectivity index is 2.33. The number of carbonyl (C=O) groups is 1. The number of carboxylic acid groups (broad SMARTS) is 1. The first-order chi connectivity index (χ1) is 9.18. The third kappa shape index (κ3) is 1.85. The van der Waals surface area contributed by atoms with Crippen molar-refractivity contribution in [1.29, 1.82) is 0 Å². The maximum atomic E-state index is 12.1. The van der Waals surface area contributed by atoms with Gasteiger partial charge in [-0.15, -0.1) is 0 Å². The normalized spacial score (nSPS) is 15.1. The highest BCUT2D eigenvalue weighted by Gasteiger charge is 2.19. The predicted molar refractivity (Wildman–Crippen MR) is 70.1 cm³/mol. The van der Waals surface area contributed by atoms with Crippen LogP contribution in [0.1, 0.15) is 23.2 Å². The topological polar surface area (TPSA) is 75.4 Å². The molecule has 1 aliphatic rings. The highest BCUT2D eigenvalue weighted by molar-refractivity contribution is 5.91. The second-order valence-electron chi connectivity index (χ2n) is 4.56. The Morgan fingerprint density at radius 2 is 2.05 bits per heavy atom. The largest absolute Gasteiger partial charge is 0.477 e. The number of hydrogen-bond donors (Lipinski definition) is 1. The summed E-state index contributed by atoms with van der Waals surface area (Å²) in [6, 6.07) is 3.26. The standard InChI is InChI=1S/C13H13N3O3/c17-11-9-4-3-5-14-12(9)16(8-10(11)13(18)19)15-6-1-2-7-15/h3-5,8H,1-2,6-7H2,(H,18,19). The van der Waals surface area contributed by atoms with E-state index >= 15 is 0 Å². The third-order valence-electron chi connectivity index (χ3n) is 3.36. The molecule has 98 valence electrons. The Hall–Kier alpha value is -2.37. The minimum Gasteiger partial charge on any atom is -0.477 e. The Bertz CT molecular complexity index is 702.